The average molecular weight is 367 g/mol. The number of rotatable bonds is 5. The monoisotopic (exact) mass is 366 g/mol. The normalized spacial score (nSPS) is 22.3. The first-order valence-electron chi connectivity index (χ1n) is 11.0. The highest BCUT2D eigenvalue weighted by Gasteiger charge is 2.43. The molecule has 1 spiro atoms. The summed E-state index contributed by atoms with van der Waals surface area (Å²) in [6.07, 6.45) is 12.1. The van der Waals surface area contributed by atoms with Gasteiger partial charge in [-0.2, -0.15) is 0 Å². The molecule has 0 atom stereocenters. The van der Waals surface area contributed by atoms with Crippen LogP contribution in [0.15, 0.2) is 30.3 Å². The van der Waals surface area contributed by atoms with Crippen molar-refractivity contribution in [3.05, 3.63) is 41.5 Å². The summed E-state index contributed by atoms with van der Waals surface area (Å²) < 4.78 is 0. The molecule has 2 fully saturated rings. The molecular formula is C24H34N2O. The van der Waals surface area contributed by atoms with E-state index in [4.69, 9.17) is 0 Å². The summed E-state index contributed by atoms with van der Waals surface area (Å²) >= 11 is 0. The van der Waals surface area contributed by atoms with Crippen LogP contribution in [0.25, 0.3) is 5.57 Å². The quantitative estimate of drug-likeness (QED) is 0.822. The van der Waals surface area contributed by atoms with Gasteiger partial charge in [-0.05, 0) is 62.7 Å². The Morgan fingerprint density at radius 1 is 1.15 bits per heavy atom. The number of likely N-dealkylation sites (tertiary alicyclic amines) is 1. The molecule has 0 radical (unpaired) electrons. The zero-order valence-corrected chi connectivity index (χ0v) is 17.0. The number of nitrogens with zero attached hydrogens (tertiary/aromatic N) is 1. The molecular weight excluding hydrogens is 332 g/mol. The van der Waals surface area contributed by atoms with E-state index in [0.29, 0.717) is 0 Å². The number of benzene rings is 1. The molecule has 1 amide bonds. The molecule has 0 unspecified atom stereocenters. The van der Waals surface area contributed by atoms with E-state index in [1.54, 1.807) is 0 Å². The molecule has 4 rings (SSSR count). The zero-order valence-electron chi connectivity index (χ0n) is 17.0. The maximum absolute atomic E-state index is 13.0. The number of fused-ring (bicyclic) bond motifs is 2. The van der Waals surface area contributed by atoms with Crippen LogP contribution in [-0.4, -0.2) is 36.0 Å². The second-order valence-corrected chi connectivity index (χ2v) is 8.72. The molecule has 27 heavy (non-hydrogen) atoms. The second kappa shape index (κ2) is 7.79. The van der Waals surface area contributed by atoms with Crippen molar-refractivity contribution in [3.8, 4) is 0 Å². The molecule has 1 aromatic carbocycles. The number of allylic oxidation sites excluding steroid dienone is 1. The second-order valence-electron chi connectivity index (χ2n) is 8.72. The number of piperidine rings is 1. The van der Waals surface area contributed by atoms with Crippen molar-refractivity contribution < 1.29 is 4.79 Å². The first kappa shape index (κ1) is 18.7. The molecule has 1 saturated carbocycles. The lowest BCUT2D eigenvalue weighted by Crippen LogP contribution is -2.45. The lowest BCUT2D eigenvalue weighted by Gasteiger charge is -2.41. The van der Waals surface area contributed by atoms with Crippen LogP contribution < -0.4 is 5.32 Å². The number of carbonyl (C=O) groups is 1. The van der Waals surface area contributed by atoms with Gasteiger partial charge in [0.15, 0.2) is 0 Å². The van der Waals surface area contributed by atoms with E-state index in [9.17, 15) is 4.79 Å². The van der Waals surface area contributed by atoms with Gasteiger partial charge in [0.2, 0.25) is 0 Å². The van der Waals surface area contributed by atoms with Crippen molar-refractivity contribution in [2.45, 2.75) is 82.7 Å². The first-order valence-corrected chi connectivity index (χ1v) is 11.0. The summed E-state index contributed by atoms with van der Waals surface area (Å²) in [5.41, 5.74) is 3.51. The molecule has 3 heteroatoms. The van der Waals surface area contributed by atoms with Crippen molar-refractivity contribution in [2.24, 2.45) is 0 Å². The van der Waals surface area contributed by atoms with E-state index >= 15 is 0 Å². The summed E-state index contributed by atoms with van der Waals surface area (Å²) in [6.45, 7) is 6.62. The highest BCUT2D eigenvalue weighted by molar-refractivity contribution is 6.21. The van der Waals surface area contributed by atoms with Gasteiger partial charge < -0.3 is 10.2 Å². The van der Waals surface area contributed by atoms with E-state index in [1.165, 1.54) is 31.2 Å². The molecule has 2 aliphatic carbocycles. The molecule has 1 aromatic rings. The van der Waals surface area contributed by atoms with Gasteiger partial charge in [0.25, 0.3) is 5.91 Å². The van der Waals surface area contributed by atoms with E-state index in [1.807, 2.05) is 0 Å². The molecule has 1 N–H and O–H groups in total. The third-order valence-corrected chi connectivity index (χ3v) is 7.27. The summed E-state index contributed by atoms with van der Waals surface area (Å²) in [7, 11) is 0. The maximum atomic E-state index is 13.0. The van der Waals surface area contributed by atoms with Crippen molar-refractivity contribution in [1.82, 2.24) is 10.2 Å². The van der Waals surface area contributed by atoms with Gasteiger partial charge in [-0.15, -0.1) is 0 Å². The average Bonchev–Trinajstić information content (AvgIpc) is 3.35. The van der Waals surface area contributed by atoms with E-state index in [-0.39, 0.29) is 17.4 Å². The fraction of sp³-hybridized carbons (Fsp3) is 0.625. The molecule has 146 valence electrons. The van der Waals surface area contributed by atoms with Gasteiger partial charge >= 0.3 is 0 Å². The summed E-state index contributed by atoms with van der Waals surface area (Å²) in [5.74, 6) is 0.117. The van der Waals surface area contributed by atoms with Crippen LogP contribution >= 0.6 is 0 Å². The number of amides is 1. The molecule has 1 saturated heterocycles. The fourth-order valence-corrected chi connectivity index (χ4v) is 5.50. The van der Waals surface area contributed by atoms with Gasteiger partial charge in [-0.25, -0.2) is 0 Å². The standard InChI is InChI=1S/C24H34N2O/c1-3-18(4-2)25-23(27)21-17-24(22-12-8-7-11-20(21)22)13-15-26(16-14-24)19-9-5-6-10-19/h7-8,11-12,17-19H,3-6,9-10,13-16H2,1-2H3,(H,25,27). The molecule has 3 nitrogen and oxygen atoms in total. The Labute approximate surface area is 164 Å². The Hall–Kier alpha value is -1.61. The van der Waals surface area contributed by atoms with Crippen LogP contribution in [0, 0.1) is 0 Å². The number of carbonyl (C=O) groups excluding carboxylic acids is 1. The molecule has 0 aromatic heterocycles. The van der Waals surface area contributed by atoms with Crippen LogP contribution in [0.1, 0.15) is 76.3 Å². The van der Waals surface area contributed by atoms with E-state index in [2.05, 4.69) is 54.4 Å². The van der Waals surface area contributed by atoms with Gasteiger partial charge in [-0.3, -0.25) is 4.79 Å². The molecule has 1 aliphatic heterocycles. The Balaban J connectivity index is 1.56. The van der Waals surface area contributed by atoms with Gasteiger partial charge in [-0.1, -0.05) is 57.0 Å². The third-order valence-electron chi connectivity index (χ3n) is 7.27. The van der Waals surface area contributed by atoms with Gasteiger partial charge in [0.1, 0.15) is 0 Å². The Morgan fingerprint density at radius 3 is 2.48 bits per heavy atom. The summed E-state index contributed by atoms with van der Waals surface area (Å²) in [6, 6.07) is 9.69. The summed E-state index contributed by atoms with van der Waals surface area (Å²) in [5, 5.41) is 3.26. The minimum absolute atomic E-state index is 0.0618. The molecule has 3 aliphatic rings. The fourth-order valence-electron chi connectivity index (χ4n) is 5.50. The lowest BCUT2D eigenvalue weighted by atomic mass is 9.74. The third kappa shape index (κ3) is 3.47. The zero-order chi connectivity index (χ0) is 18.9. The van der Waals surface area contributed by atoms with E-state index < -0.39 is 0 Å². The summed E-state index contributed by atoms with van der Waals surface area (Å²) in [4.78, 5) is 15.8. The van der Waals surface area contributed by atoms with Gasteiger partial charge in [0.05, 0.1) is 0 Å². The first-order chi connectivity index (χ1) is 13.2. The number of hydrogen-bond acceptors (Lipinski definition) is 2. The van der Waals surface area contributed by atoms with Crippen molar-refractivity contribution in [2.75, 3.05) is 13.1 Å². The minimum atomic E-state index is 0.0618. The van der Waals surface area contributed by atoms with Crippen LogP contribution in [0.4, 0.5) is 0 Å². The Kier molecular flexibility index (Phi) is 5.41. The topological polar surface area (TPSA) is 32.3 Å². The largest absolute Gasteiger partial charge is 0.349 e. The lowest BCUT2D eigenvalue weighted by molar-refractivity contribution is -0.116. The highest BCUT2D eigenvalue weighted by atomic mass is 16.1. The molecule has 1 heterocycles. The van der Waals surface area contributed by atoms with Crippen LogP contribution in [0.5, 0.6) is 0 Å². The van der Waals surface area contributed by atoms with Crippen LogP contribution in [0.2, 0.25) is 0 Å². The minimum Gasteiger partial charge on any atom is -0.349 e. The number of hydrogen-bond donors (Lipinski definition) is 1. The number of nitrogens with one attached hydrogen (secondary N) is 1. The van der Waals surface area contributed by atoms with Crippen LogP contribution in [-0.2, 0) is 10.2 Å². The van der Waals surface area contributed by atoms with Gasteiger partial charge in [0, 0.05) is 23.1 Å². The Bertz CT molecular complexity index is 705. The SMILES string of the molecule is CCC(CC)NC(=O)C1=CC2(CCN(C3CCCC3)CC2)c2ccccc21. The Morgan fingerprint density at radius 2 is 1.81 bits per heavy atom. The smallest absolute Gasteiger partial charge is 0.251 e. The predicted molar refractivity (Wildman–Crippen MR) is 112 cm³/mol. The molecule has 0 bridgehead atoms. The maximum Gasteiger partial charge on any atom is 0.251 e. The van der Waals surface area contributed by atoms with Crippen molar-refractivity contribution in [1.29, 1.82) is 0 Å². The highest BCUT2D eigenvalue weighted by Crippen LogP contribution is 2.47. The van der Waals surface area contributed by atoms with Crippen molar-refractivity contribution in [3.63, 3.8) is 0 Å². The predicted octanol–water partition coefficient (Wildman–Crippen LogP) is 4.66. The van der Waals surface area contributed by atoms with E-state index in [0.717, 1.165) is 56.0 Å². The van der Waals surface area contributed by atoms with Crippen LogP contribution in [0.3, 0.4) is 0 Å². The van der Waals surface area contributed by atoms with Crippen molar-refractivity contribution >= 4 is 11.5 Å².